The Labute approximate surface area is 174 Å². The lowest BCUT2D eigenvalue weighted by molar-refractivity contribution is -0.137. The molecule has 0 aliphatic carbocycles. The molecule has 0 radical (unpaired) electrons. The van der Waals surface area contributed by atoms with Crippen molar-refractivity contribution < 1.29 is 23.8 Å². The van der Waals surface area contributed by atoms with Crippen LogP contribution in [-0.2, 0) is 11.3 Å². The lowest BCUT2D eigenvalue weighted by atomic mass is 10.1. The van der Waals surface area contributed by atoms with Gasteiger partial charge in [0.05, 0.1) is 12.9 Å². The monoisotopic (exact) mass is 408 g/mol. The number of ether oxygens (including phenoxy) is 1. The molecule has 2 heterocycles. The Bertz CT molecular complexity index is 952. The van der Waals surface area contributed by atoms with Crippen LogP contribution in [0.25, 0.3) is 11.3 Å². The number of pyridine rings is 1. The van der Waals surface area contributed by atoms with Crippen molar-refractivity contribution in [2.24, 2.45) is 0 Å². The molecule has 1 amide bonds. The third kappa shape index (κ3) is 6.20. The van der Waals surface area contributed by atoms with E-state index >= 15 is 0 Å². The summed E-state index contributed by atoms with van der Waals surface area (Å²) in [5.74, 6) is 0.446. The molecule has 3 aromatic rings. The summed E-state index contributed by atoms with van der Waals surface area (Å²) in [6.07, 6.45) is 7.28. The molecule has 0 spiro atoms. The fraction of sp³-hybridized carbons (Fsp3) is 0.261. The molecule has 156 valence electrons. The number of carbonyl (C=O) groups is 2. The van der Waals surface area contributed by atoms with Gasteiger partial charge in [-0.2, -0.15) is 0 Å². The minimum atomic E-state index is -0.779. The Balaban J connectivity index is 1.49. The summed E-state index contributed by atoms with van der Waals surface area (Å²) in [4.78, 5) is 27.1. The SMILES string of the molecule is O=C(O)CCCCCOc1ccncc1CNC(=O)c1ccc(-c2ccco2)cc1. The molecule has 0 aliphatic rings. The third-order valence-electron chi connectivity index (χ3n) is 4.54. The van der Waals surface area contributed by atoms with Crippen LogP contribution in [0.1, 0.15) is 41.6 Å². The molecule has 1 aromatic carbocycles. The topological polar surface area (TPSA) is 102 Å². The van der Waals surface area contributed by atoms with Gasteiger partial charge in [-0.1, -0.05) is 12.1 Å². The van der Waals surface area contributed by atoms with Crippen LogP contribution < -0.4 is 10.1 Å². The number of amides is 1. The molecule has 2 aromatic heterocycles. The van der Waals surface area contributed by atoms with E-state index in [1.807, 2.05) is 24.3 Å². The number of carboxylic acids is 1. The van der Waals surface area contributed by atoms with Crippen LogP contribution >= 0.6 is 0 Å². The number of aromatic nitrogens is 1. The van der Waals surface area contributed by atoms with Crippen LogP contribution in [0.5, 0.6) is 5.75 Å². The van der Waals surface area contributed by atoms with E-state index in [1.54, 1.807) is 36.9 Å². The van der Waals surface area contributed by atoms with Crippen molar-refractivity contribution in [2.45, 2.75) is 32.2 Å². The third-order valence-corrected chi connectivity index (χ3v) is 4.54. The molecule has 0 unspecified atom stereocenters. The standard InChI is InChI=1S/C23H24N2O5/c26-22(27)6-2-1-3-13-29-21-11-12-24-15-19(21)16-25-23(28)18-9-7-17(8-10-18)20-5-4-14-30-20/h4-5,7-12,14-15H,1-3,6,13,16H2,(H,25,28)(H,26,27). The van der Waals surface area contributed by atoms with Gasteiger partial charge in [-0.05, 0) is 49.6 Å². The van der Waals surface area contributed by atoms with E-state index < -0.39 is 5.97 Å². The number of carboxylic acid groups (broad SMARTS) is 1. The van der Waals surface area contributed by atoms with Gasteiger partial charge >= 0.3 is 5.97 Å². The molecule has 0 saturated heterocycles. The highest BCUT2D eigenvalue weighted by atomic mass is 16.5. The number of hydrogen-bond donors (Lipinski definition) is 2. The van der Waals surface area contributed by atoms with E-state index in [9.17, 15) is 9.59 Å². The number of furan rings is 1. The van der Waals surface area contributed by atoms with Crippen molar-refractivity contribution in [1.82, 2.24) is 10.3 Å². The summed E-state index contributed by atoms with van der Waals surface area (Å²) in [5, 5.41) is 11.5. The van der Waals surface area contributed by atoms with E-state index in [0.29, 0.717) is 30.9 Å². The zero-order valence-corrected chi connectivity index (χ0v) is 16.5. The Morgan fingerprint density at radius 2 is 1.90 bits per heavy atom. The van der Waals surface area contributed by atoms with Crippen LogP contribution in [0.2, 0.25) is 0 Å². The smallest absolute Gasteiger partial charge is 0.303 e. The summed E-state index contributed by atoms with van der Waals surface area (Å²) in [6, 6.07) is 12.6. The summed E-state index contributed by atoms with van der Waals surface area (Å²) in [7, 11) is 0. The van der Waals surface area contributed by atoms with Crippen molar-refractivity contribution in [1.29, 1.82) is 0 Å². The van der Waals surface area contributed by atoms with Crippen molar-refractivity contribution in [3.8, 4) is 17.1 Å². The van der Waals surface area contributed by atoms with Gasteiger partial charge in [0.2, 0.25) is 0 Å². The summed E-state index contributed by atoms with van der Waals surface area (Å²) < 4.78 is 11.1. The van der Waals surface area contributed by atoms with Crippen LogP contribution in [0, 0.1) is 0 Å². The highest BCUT2D eigenvalue weighted by molar-refractivity contribution is 5.94. The summed E-state index contributed by atoms with van der Waals surface area (Å²) in [5.41, 5.74) is 2.24. The summed E-state index contributed by atoms with van der Waals surface area (Å²) >= 11 is 0. The Kier molecular flexibility index (Phi) is 7.60. The normalized spacial score (nSPS) is 10.5. The average molecular weight is 408 g/mol. The fourth-order valence-corrected chi connectivity index (χ4v) is 2.93. The molecule has 0 saturated carbocycles. The predicted octanol–water partition coefficient (Wildman–Crippen LogP) is 4.30. The second kappa shape index (κ2) is 10.8. The van der Waals surface area contributed by atoms with Gasteiger partial charge in [0.25, 0.3) is 5.91 Å². The van der Waals surface area contributed by atoms with Crippen LogP contribution in [0.3, 0.4) is 0 Å². The lowest BCUT2D eigenvalue weighted by Gasteiger charge is -2.12. The van der Waals surface area contributed by atoms with Crippen LogP contribution in [0.4, 0.5) is 0 Å². The number of aliphatic carboxylic acids is 1. The minimum absolute atomic E-state index is 0.176. The highest BCUT2D eigenvalue weighted by Crippen LogP contribution is 2.20. The Morgan fingerprint density at radius 3 is 2.63 bits per heavy atom. The molecule has 7 nitrogen and oxygen atoms in total. The molecule has 2 N–H and O–H groups in total. The van der Waals surface area contributed by atoms with E-state index in [0.717, 1.165) is 29.7 Å². The lowest BCUT2D eigenvalue weighted by Crippen LogP contribution is -2.23. The molecule has 0 aliphatic heterocycles. The zero-order chi connectivity index (χ0) is 21.2. The van der Waals surface area contributed by atoms with E-state index in [1.165, 1.54) is 0 Å². The average Bonchev–Trinajstić information content (AvgIpc) is 3.30. The maximum absolute atomic E-state index is 12.5. The van der Waals surface area contributed by atoms with Gasteiger partial charge in [-0.25, -0.2) is 0 Å². The molecular formula is C23H24N2O5. The zero-order valence-electron chi connectivity index (χ0n) is 16.5. The number of nitrogens with zero attached hydrogens (tertiary/aromatic N) is 1. The minimum Gasteiger partial charge on any atom is -0.493 e. The van der Waals surface area contributed by atoms with E-state index in [2.05, 4.69) is 10.3 Å². The Hall–Kier alpha value is -3.61. The molecule has 0 fully saturated rings. The number of hydrogen-bond acceptors (Lipinski definition) is 5. The number of nitrogens with one attached hydrogen (secondary N) is 1. The first-order chi connectivity index (χ1) is 14.6. The number of rotatable bonds is 11. The van der Waals surface area contributed by atoms with Gasteiger partial charge in [0, 0.05) is 42.0 Å². The number of benzene rings is 1. The molecule has 7 heteroatoms. The first kappa shape index (κ1) is 21.1. The van der Waals surface area contributed by atoms with Gasteiger partial charge in [0.1, 0.15) is 11.5 Å². The van der Waals surface area contributed by atoms with Crippen LogP contribution in [0.15, 0.2) is 65.5 Å². The molecule has 0 atom stereocenters. The first-order valence-electron chi connectivity index (χ1n) is 9.83. The largest absolute Gasteiger partial charge is 0.493 e. The van der Waals surface area contributed by atoms with Crippen molar-refractivity contribution >= 4 is 11.9 Å². The maximum Gasteiger partial charge on any atom is 0.303 e. The van der Waals surface area contributed by atoms with Gasteiger partial charge < -0.3 is 19.6 Å². The molecule has 3 rings (SSSR count). The Morgan fingerprint density at radius 1 is 1.07 bits per heavy atom. The second-order valence-electron chi connectivity index (χ2n) is 6.77. The van der Waals surface area contributed by atoms with E-state index in [4.69, 9.17) is 14.3 Å². The van der Waals surface area contributed by atoms with Crippen molar-refractivity contribution in [3.63, 3.8) is 0 Å². The first-order valence-corrected chi connectivity index (χ1v) is 9.83. The molecular weight excluding hydrogens is 384 g/mol. The number of unbranched alkanes of at least 4 members (excludes halogenated alkanes) is 2. The van der Waals surface area contributed by atoms with Gasteiger partial charge in [0.15, 0.2) is 0 Å². The molecule has 0 bridgehead atoms. The number of carbonyl (C=O) groups excluding carboxylic acids is 1. The van der Waals surface area contributed by atoms with Gasteiger partial charge in [-0.15, -0.1) is 0 Å². The maximum atomic E-state index is 12.5. The van der Waals surface area contributed by atoms with Crippen LogP contribution in [-0.4, -0.2) is 28.6 Å². The van der Waals surface area contributed by atoms with Crippen molar-refractivity contribution in [3.05, 3.63) is 72.2 Å². The second-order valence-corrected chi connectivity index (χ2v) is 6.77. The summed E-state index contributed by atoms with van der Waals surface area (Å²) in [6.45, 7) is 0.778. The van der Waals surface area contributed by atoms with Crippen molar-refractivity contribution in [2.75, 3.05) is 6.61 Å². The fourth-order valence-electron chi connectivity index (χ4n) is 2.93. The quantitative estimate of drug-likeness (QED) is 0.459. The predicted molar refractivity (Wildman–Crippen MR) is 111 cm³/mol. The highest BCUT2D eigenvalue weighted by Gasteiger charge is 2.09. The van der Waals surface area contributed by atoms with Gasteiger partial charge in [-0.3, -0.25) is 14.6 Å². The molecule has 30 heavy (non-hydrogen) atoms. The van der Waals surface area contributed by atoms with E-state index in [-0.39, 0.29) is 12.3 Å².